The number of carbonyl (C=O) groups excluding carboxylic acids is 3. The van der Waals surface area contributed by atoms with Crippen LogP contribution in [0.25, 0.3) is 0 Å². The fraction of sp³-hybridized carbons (Fsp3) is 0.855. The fourth-order valence-electron chi connectivity index (χ4n) is 8.93. The summed E-state index contributed by atoms with van der Waals surface area (Å²) in [6.45, 7) is 6.55. The molecule has 0 aromatic carbocycles. The van der Waals surface area contributed by atoms with Crippen molar-refractivity contribution >= 4 is 17.9 Å². The number of hydrogen-bond donors (Lipinski definition) is 0. The third-order valence-electron chi connectivity index (χ3n) is 13.4. The number of ether oxygens (including phenoxy) is 3. The smallest absolute Gasteiger partial charge is 0.306 e. The molecule has 0 saturated carbocycles. The number of unbranched alkanes of at least 4 members (excludes halogenated alkanes) is 38. The molecule has 0 aliphatic carbocycles. The van der Waals surface area contributed by atoms with Gasteiger partial charge in [0.25, 0.3) is 0 Å². The monoisotopic (exact) mass is 955 g/mol. The van der Waals surface area contributed by atoms with E-state index < -0.39 is 6.10 Å². The Hall–Kier alpha value is -2.37. The van der Waals surface area contributed by atoms with Crippen molar-refractivity contribution in [2.24, 2.45) is 0 Å². The van der Waals surface area contributed by atoms with Crippen molar-refractivity contribution in [1.82, 2.24) is 0 Å². The minimum Gasteiger partial charge on any atom is -0.462 e. The maximum absolute atomic E-state index is 12.8. The second-order valence-electron chi connectivity index (χ2n) is 20.2. The summed E-state index contributed by atoms with van der Waals surface area (Å²) in [5.74, 6) is -0.866. The van der Waals surface area contributed by atoms with Gasteiger partial charge in [-0.3, -0.25) is 14.4 Å². The predicted octanol–water partition coefficient (Wildman–Crippen LogP) is 20.0. The average molecular weight is 956 g/mol. The first kappa shape index (κ1) is 65.6. The number of allylic oxidation sites excluding steroid dienone is 6. The Morgan fingerprint density at radius 2 is 0.574 bits per heavy atom. The molecule has 0 aromatic heterocycles. The summed E-state index contributed by atoms with van der Waals surface area (Å²) < 4.78 is 16.8. The SMILES string of the molecule is CC/C=C\C/C=C\C/C=C\CCCCCCCCCC(=O)OC(COC(=O)CCCCCCCCCCC)COC(=O)CCCCCCCCCCCCCCCCCCCCCCCCCC. The van der Waals surface area contributed by atoms with Crippen molar-refractivity contribution < 1.29 is 28.6 Å². The molecule has 0 bridgehead atoms. The van der Waals surface area contributed by atoms with Gasteiger partial charge < -0.3 is 14.2 Å². The largest absolute Gasteiger partial charge is 0.462 e. The maximum Gasteiger partial charge on any atom is 0.306 e. The van der Waals surface area contributed by atoms with Crippen LogP contribution in [0.1, 0.15) is 323 Å². The summed E-state index contributed by atoms with van der Waals surface area (Å²) in [4.78, 5) is 38.1. The minimum absolute atomic E-state index is 0.0716. The highest BCUT2D eigenvalue weighted by Crippen LogP contribution is 2.17. The quantitative estimate of drug-likeness (QED) is 0.0262. The summed E-state index contributed by atoms with van der Waals surface area (Å²) in [6.07, 6.45) is 68.7. The van der Waals surface area contributed by atoms with Crippen molar-refractivity contribution in [2.75, 3.05) is 13.2 Å². The molecule has 1 atom stereocenters. The lowest BCUT2D eigenvalue weighted by molar-refractivity contribution is -0.167. The Morgan fingerprint density at radius 3 is 0.897 bits per heavy atom. The highest BCUT2D eigenvalue weighted by Gasteiger charge is 2.19. The molecular weight excluding hydrogens is 841 g/mol. The van der Waals surface area contributed by atoms with Gasteiger partial charge in [-0.2, -0.15) is 0 Å². The lowest BCUT2D eigenvalue weighted by Gasteiger charge is -2.18. The standard InChI is InChI=1S/C62H114O6/c1-4-7-10-13-16-19-21-23-25-27-28-29-30-31-32-33-35-36-38-40-43-46-49-52-55-61(64)67-58-59(57-66-60(63)54-51-48-45-42-18-15-12-9-6-3)68-62(65)56-53-50-47-44-41-39-37-34-26-24-22-20-17-14-11-8-5-2/h8,11,17,20,24,26,59H,4-7,9-10,12-16,18-19,21-23,25,27-58H2,1-3H3/b11-8-,20-17-,26-24-. The van der Waals surface area contributed by atoms with E-state index in [1.165, 1.54) is 199 Å². The van der Waals surface area contributed by atoms with Gasteiger partial charge in [0.1, 0.15) is 13.2 Å². The first-order valence-electron chi connectivity index (χ1n) is 30.0. The fourth-order valence-corrected chi connectivity index (χ4v) is 8.93. The van der Waals surface area contributed by atoms with Crippen LogP contribution < -0.4 is 0 Å². The van der Waals surface area contributed by atoms with E-state index in [0.717, 1.165) is 83.5 Å². The predicted molar refractivity (Wildman–Crippen MR) is 293 cm³/mol. The Morgan fingerprint density at radius 1 is 0.309 bits per heavy atom. The van der Waals surface area contributed by atoms with Crippen LogP contribution in [0.3, 0.4) is 0 Å². The molecule has 0 amide bonds. The van der Waals surface area contributed by atoms with E-state index in [9.17, 15) is 14.4 Å². The first-order valence-corrected chi connectivity index (χ1v) is 30.0. The van der Waals surface area contributed by atoms with Gasteiger partial charge in [-0.1, -0.05) is 288 Å². The Kier molecular flexibility index (Phi) is 55.2. The average Bonchev–Trinajstić information content (AvgIpc) is 3.34. The van der Waals surface area contributed by atoms with Gasteiger partial charge in [0.05, 0.1) is 0 Å². The highest BCUT2D eigenvalue weighted by molar-refractivity contribution is 5.71. The molecule has 0 saturated heterocycles. The zero-order valence-corrected chi connectivity index (χ0v) is 45.6. The molecular formula is C62H114O6. The van der Waals surface area contributed by atoms with E-state index in [4.69, 9.17) is 14.2 Å². The van der Waals surface area contributed by atoms with Gasteiger partial charge in [0.15, 0.2) is 6.10 Å². The summed E-state index contributed by atoms with van der Waals surface area (Å²) in [7, 11) is 0. The normalized spacial score (nSPS) is 12.2. The molecule has 68 heavy (non-hydrogen) atoms. The molecule has 0 aromatic rings. The summed E-state index contributed by atoms with van der Waals surface area (Å²) >= 11 is 0. The highest BCUT2D eigenvalue weighted by atomic mass is 16.6. The summed E-state index contributed by atoms with van der Waals surface area (Å²) in [5.41, 5.74) is 0. The van der Waals surface area contributed by atoms with Gasteiger partial charge in [0.2, 0.25) is 0 Å². The molecule has 0 radical (unpaired) electrons. The van der Waals surface area contributed by atoms with Crippen molar-refractivity contribution in [3.63, 3.8) is 0 Å². The van der Waals surface area contributed by atoms with Crippen LogP contribution >= 0.6 is 0 Å². The lowest BCUT2D eigenvalue weighted by Crippen LogP contribution is -2.30. The molecule has 0 rings (SSSR count). The molecule has 0 aliphatic heterocycles. The summed E-state index contributed by atoms with van der Waals surface area (Å²) in [5, 5.41) is 0. The van der Waals surface area contributed by atoms with Crippen LogP contribution in [0.4, 0.5) is 0 Å². The number of rotatable bonds is 55. The Labute approximate surface area is 423 Å². The van der Waals surface area contributed by atoms with Crippen molar-refractivity contribution in [3.8, 4) is 0 Å². The van der Waals surface area contributed by atoms with Gasteiger partial charge in [-0.15, -0.1) is 0 Å². The number of esters is 3. The molecule has 1 unspecified atom stereocenters. The van der Waals surface area contributed by atoms with Gasteiger partial charge in [-0.25, -0.2) is 0 Å². The van der Waals surface area contributed by atoms with E-state index in [2.05, 4.69) is 57.2 Å². The molecule has 0 heterocycles. The third-order valence-corrected chi connectivity index (χ3v) is 13.4. The lowest BCUT2D eigenvalue weighted by atomic mass is 10.0. The number of hydrogen-bond acceptors (Lipinski definition) is 6. The zero-order valence-electron chi connectivity index (χ0n) is 45.6. The molecule has 6 nitrogen and oxygen atoms in total. The van der Waals surface area contributed by atoms with Gasteiger partial charge in [-0.05, 0) is 51.4 Å². The Balaban J connectivity index is 4.17. The minimum atomic E-state index is -0.772. The molecule has 0 aliphatic rings. The second kappa shape index (κ2) is 57.2. The number of carbonyl (C=O) groups is 3. The van der Waals surface area contributed by atoms with E-state index in [1.54, 1.807) is 0 Å². The van der Waals surface area contributed by atoms with E-state index in [1.807, 2.05) is 0 Å². The zero-order chi connectivity index (χ0) is 49.3. The van der Waals surface area contributed by atoms with Gasteiger partial charge in [0, 0.05) is 19.3 Å². The van der Waals surface area contributed by atoms with E-state index >= 15 is 0 Å². The summed E-state index contributed by atoms with van der Waals surface area (Å²) in [6, 6.07) is 0. The Bertz CT molecular complexity index is 1140. The first-order chi connectivity index (χ1) is 33.5. The molecule has 398 valence electrons. The third kappa shape index (κ3) is 54.6. The van der Waals surface area contributed by atoms with Crippen molar-refractivity contribution in [3.05, 3.63) is 36.5 Å². The van der Waals surface area contributed by atoms with Crippen LogP contribution in [0.2, 0.25) is 0 Å². The van der Waals surface area contributed by atoms with Crippen molar-refractivity contribution in [1.29, 1.82) is 0 Å². The molecule has 0 spiro atoms. The van der Waals surface area contributed by atoms with E-state index in [0.29, 0.717) is 19.3 Å². The van der Waals surface area contributed by atoms with Crippen LogP contribution in [-0.2, 0) is 28.6 Å². The van der Waals surface area contributed by atoms with Crippen LogP contribution in [0.15, 0.2) is 36.5 Å². The van der Waals surface area contributed by atoms with Crippen LogP contribution in [0.5, 0.6) is 0 Å². The molecule has 0 N–H and O–H groups in total. The molecule has 0 fully saturated rings. The van der Waals surface area contributed by atoms with Crippen LogP contribution in [-0.4, -0.2) is 37.2 Å². The van der Waals surface area contributed by atoms with Crippen molar-refractivity contribution in [2.45, 2.75) is 329 Å². The second-order valence-corrected chi connectivity index (χ2v) is 20.2. The van der Waals surface area contributed by atoms with Crippen LogP contribution in [0, 0.1) is 0 Å². The molecule has 6 heteroatoms. The maximum atomic E-state index is 12.8. The van der Waals surface area contributed by atoms with E-state index in [-0.39, 0.29) is 31.1 Å². The topological polar surface area (TPSA) is 78.9 Å². The van der Waals surface area contributed by atoms with Gasteiger partial charge >= 0.3 is 17.9 Å².